The fourth-order valence-corrected chi connectivity index (χ4v) is 4.27. The Kier molecular flexibility index (Phi) is 4.34. The Labute approximate surface area is 153 Å². The first-order chi connectivity index (χ1) is 12.5. The monoisotopic (exact) mass is 357 g/mol. The molecule has 7 nitrogen and oxygen atoms in total. The van der Waals surface area contributed by atoms with Crippen LogP contribution in [0.1, 0.15) is 66.3 Å². The van der Waals surface area contributed by atoms with Gasteiger partial charge in [-0.1, -0.05) is 0 Å². The van der Waals surface area contributed by atoms with Crippen LogP contribution < -0.4 is 0 Å². The number of nitrogens with zero attached hydrogens (tertiary/aromatic N) is 5. The molecule has 2 aromatic heterocycles. The lowest BCUT2D eigenvalue weighted by molar-refractivity contribution is -0.00716. The van der Waals surface area contributed by atoms with Crippen LogP contribution in [-0.4, -0.2) is 43.0 Å². The van der Waals surface area contributed by atoms with E-state index in [2.05, 4.69) is 12.0 Å². The number of hydrogen-bond donors (Lipinski definition) is 0. The fourth-order valence-electron chi connectivity index (χ4n) is 4.27. The van der Waals surface area contributed by atoms with Gasteiger partial charge < -0.3 is 9.64 Å². The van der Waals surface area contributed by atoms with E-state index in [0.29, 0.717) is 13.1 Å². The molecular formula is C19H27N5O2. The van der Waals surface area contributed by atoms with Crippen molar-refractivity contribution in [1.82, 2.24) is 24.5 Å². The van der Waals surface area contributed by atoms with Gasteiger partial charge in [0, 0.05) is 49.9 Å². The molecule has 0 bridgehead atoms. The van der Waals surface area contributed by atoms with Gasteiger partial charge in [0.1, 0.15) is 5.69 Å². The number of carbonyl (C=O) groups excluding carboxylic acids is 1. The van der Waals surface area contributed by atoms with E-state index in [-0.39, 0.29) is 18.1 Å². The highest BCUT2D eigenvalue weighted by Crippen LogP contribution is 2.32. The third-order valence-corrected chi connectivity index (χ3v) is 5.53. The lowest BCUT2D eigenvalue weighted by Gasteiger charge is -2.26. The molecule has 0 radical (unpaired) electrons. The molecule has 0 N–H and O–H groups in total. The molecule has 0 fully saturated rings. The third-order valence-electron chi connectivity index (χ3n) is 5.53. The molecule has 4 rings (SSSR count). The summed E-state index contributed by atoms with van der Waals surface area (Å²) in [6, 6.07) is 0. The van der Waals surface area contributed by atoms with Crippen molar-refractivity contribution < 1.29 is 9.53 Å². The number of aryl methyl sites for hydroxylation is 2. The summed E-state index contributed by atoms with van der Waals surface area (Å²) in [4.78, 5) is 15.5. The van der Waals surface area contributed by atoms with Crippen LogP contribution in [0.3, 0.4) is 0 Å². The Balaban J connectivity index is 1.70. The number of ether oxygens (including phenoxy) is 1. The standard InChI is InChI=1S/C19H27N5O2/c1-5-24-18(15-9-12(2)26-13(3)17(15)21-24)19(25)23-8-6-7-16-14(11-23)10-20-22(16)4/h10,12-13H,5-9,11H2,1-4H3/t12-,13+/m0/s1. The summed E-state index contributed by atoms with van der Waals surface area (Å²) in [5.41, 5.74) is 5.13. The number of hydrogen-bond acceptors (Lipinski definition) is 4. The highest BCUT2D eigenvalue weighted by atomic mass is 16.5. The summed E-state index contributed by atoms with van der Waals surface area (Å²) < 4.78 is 9.70. The van der Waals surface area contributed by atoms with Gasteiger partial charge >= 0.3 is 0 Å². The summed E-state index contributed by atoms with van der Waals surface area (Å²) >= 11 is 0. The molecule has 2 atom stereocenters. The molecule has 0 aromatic carbocycles. The molecule has 2 aliphatic heterocycles. The van der Waals surface area contributed by atoms with Gasteiger partial charge in [0.25, 0.3) is 5.91 Å². The molecule has 0 saturated carbocycles. The SMILES string of the molecule is CCn1nc2c(c1C(=O)N1CCCc3c(cnn3C)C1)C[C@H](C)O[C@@H]2C. The van der Waals surface area contributed by atoms with Gasteiger partial charge in [-0.25, -0.2) is 0 Å². The van der Waals surface area contributed by atoms with E-state index in [1.165, 1.54) is 5.69 Å². The quantitative estimate of drug-likeness (QED) is 0.827. The largest absolute Gasteiger partial charge is 0.369 e. The van der Waals surface area contributed by atoms with E-state index in [1.807, 2.05) is 41.4 Å². The number of amides is 1. The zero-order valence-electron chi connectivity index (χ0n) is 16.0. The predicted octanol–water partition coefficient (Wildman–Crippen LogP) is 2.25. The molecule has 7 heteroatoms. The van der Waals surface area contributed by atoms with Crippen LogP contribution in [0, 0.1) is 0 Å². The second-order valence-corrected chi connectivity index (χ2v) is 7.39. The summed E-state index contributed by atoms with van der Waals surface area (Å²) in [5.74, 6) is 0.0820. The number of fused-ring (bicyclic) bond motifs is 2. The third kappa shape index (κ3) is 2.74. The second-order valence-electron chi connectivity index (χ2n) is 7.39. The van der Waals surface area contributed by atoms with Crippen molar-refractivity contribution in [1.29, 1.82) is 0 Å². The predicted molar refractivity (Wildman–Crippen MR) is 96.8 cm³/mol. The van der Waals surface area contributed by atoms with Gasteiger partial charge in [-0.2, -0.15) is 10.2 Å². The molecule has 0 saturated heterocycles. The number of rotatable bonds is 2. The molecular weight excluding hydrogens is 330 g/mol. The zero-order chi connectivity index (χ0) is 18.4. The zero-order valence-corrected chi connectivity index (χ0v) is 16.0. The van der Waals surface area contributed by atoms with E-state index in [0.717, 1.165) is 48.3 Å². The molecule has 0 unspecified atom stereocenters. The fraction of sp³-hybridized carbons (Fsp3) is 0.632. The Morgan fingerprint density at radius 3 is 2.96 bits per heavy atom. The van der Waals surface area contributed by atoms with Crippen molar-refractivity contribution >= 4 is 5.91 Å². The Morgan fingerprint density at radius 2 is 2.19 bits per heavy atom. The summed E-state index contributed by atoms with van der Waals surface area (Å²) in [6.07, 6.45) is 4.59. The van der Waals surface area contributed by atoms with Crippen molar-refractivity contribution in [3.63, 3.8) is 0 Å². The van der Waals surface area contributed by atoms with Crippen molar-refractivity contribution in [3.05, 3.63) is 34.4 Å². The van der Waals surface area contributed by atoms with Gasteiger partial charge in [-0.05, 0) is 33.6 Å². The minimum Gasteiger partial charge on any atom is -0.369 e. The van der Waals surface area contributed by atoms with Crippen LogP contribution in [0.25, 0.3) is 0 Å². The van der Waals surface area contributed by atoms with Crippen LogP contribution in [0.5, 0.6) is 0 Å². The Bertz CT molecular complexity index is 837. The summed E-state index contributed by atoms with van der Waals surface area (Å²) in [6.45, 7) is 8.17. The first-order valence-electron chi connectivity index (χ1n) is 9.53. The van der Waals surface area contributed by atoms with Crippen molar-refractivity contribution in [2.24, 2.45) is 7.05 Å². The lowest BCUT2D eigenvalue weighted by Crippen LogP contribution is -2.34. The van der Waals surface area contributed by atoms with Crippen molar-refractivity contribution in [2.45, 2.75) is 65.3 Å². The minimum atomic E-state index is -0.0674. The van der Waals surface area contributed by atoms with Gasteiger partial charge in [-0.3, -0.25) is 14.2 Å². The maximum absolute atomic E-state index is 13.5. The Hall–Kier alpha value is -2.15. The second kappa shape index (κ2) is 6.54. The summed E-state index contributed by atoms with van der Waals surface area (Å²) in [7, 11) is 1.97. The summed E-state index contributed by atoms with van der Waals surface area (Å²) in [5, 5.41) is 9.07. The van der Waals surface area contributed by atoms with Crippen LogP contribution in [-0.2, 0) is 37.7 Å². The molecule has 26 heavy (non-hydrogen) atoms. The topological polar surface area (TPSA) is 65.2 Å². The smallest absolute Gasteiger partial charge is 0.272 e. The average molecular weight is 357 g/mol. The number of carbonyl (C=O) groups is 1. The number of aromatic nitrogens is 4. The molecule has 0 spiro atoms. The normalized spacial score (nSPS) is 22.7. The van der Waals surface area contributed by atoms with Gasteiger partial charge in [0.2, 0.25) is 0 Å². The average Bonchev–Trinajstić information content (AvgIpc) is 3.06. The van der Waals surface area contributed by atoms with E-state index in [4.69, 9.17) is 9.84 Å². The van der Waals surface area contributed by atoms with Crippen molar-refractivity contribution in [3.8, 4) is 0 Å². The maximum atomic E-state index is 13.5. The first kappa shape index (κ1) is 17.3. The van der Waals surface area contributed by atoms with E-state index >= 15 is 0 Å². The molecule has 0 aliphatic carbocycles. The molecule has 140 valence electrons. The molecule has 2 aromatic rings. The van der Waals surface area contributed by atoms with Crippen molar-refractivity contribution in [2.75, 3.05) is 6.54 Å². The minimum absolute atomic E-state index is 0.0674. The van der Waals surface area contributed by atoms with E-state index in [9.17, 15) is 4.79 Å². The molecule has 1 amide bonds. The van der Waals surface area contributed by atoms with E-state index in [1.54, 1.807) is 0 Å². The van der Waals surface area contributed by atoms with Crippen LogP contribution in [0.2, 0.25) is 0 Å². The Morgan fingerprint density at radius 1 is 1.38 bits per heavy atom. The van der Waals surface area contributed by atoms with Crippen LogP contribution in [0.4, 0.5) is 0 Å². The van der Waals surface area contributed by atoms with Gasteiger partial charge in [-0.15, -0.1) is 0 Å². The van der Waals surface area contributed by atoms with Crippen LogP contribution in [0.15, 0.2) is 6.20 Å². The lowest BCUT2D eigenvalue weighted by atomic mass is 9.99. The highest BCUT2D eigenvalue weighted by Gasteiger charge is 2.34. The van der Waals surface area contributed by atoms with Crippen LogP contribution >= 0.6 is 0 Å². The van der Waals surface area contributed by atoms with Gasteiger partial charge in [0.05, 0.1) is 24.1 Å². The highest BCUT2D eigenvalue weighted by molar-refractivity contribution is 5.94. The maximum Gasteiger partial charge on any atom is 0.272 e. The molecule has 4 heterocycles. The van der Waals surface area contributed by atoms with E-state index < -0.39 is 0 Å². The van der Waals surface area contributed by atoms with Gasteiger partial charge in [0.15, 0.2) is 0 Å². The molecule has 2 aliphatic rings. The first-order valence-corrected chi connectivity index (χ1v) is 9.53.